The number of carbonyl (C=O) groups excluding carboxylic acids is 2. The van der Waals surface area contributed by atoms with Crippen LogP contribution >= 0.6 is 0 Å². The maximum absolute atomic E-state index is 14.4. The summed E-state index contributed by atoms with van der Waals surface area (Å²) in [6, 6.07) is 27.2. The lowest BCUT2D eigenvalue weighted by Gasteiger charge is -2.34. The first-order chi connectivity index (χ1) is 16.4. The number of ether oxygens (including phenoxy) is 2. The SMILES string of the molecule is CC(C)(C)OC(=O)[Si](C(=O)OC(C)(C)C)(c1cccc2ccccc12)c1cccc2ccccc12. The first kappa shape index (κ1) is 24.7. The molecule has 0 aliphatic carbocycles. The average molecular weight is 485 g/mol. The first-order valence-corrected chi connectivity index (χ1v) is 13.9. The Morgan fingerprint density at radius 1 is 0.543 bits per heavy atom. The van der Waals surface area contributed by atoms with Crippen LogP contribution in [0.15, 0.2) is 84.9 Å². The van der Waals surface area contributed by atoms with Crippen LogP contribution in [0.25, 0.3) is 21.5 Å². The summed E-state index contributed by atoms with van der Waals surface area (Å²) >= 11 is 0. The van der Waals surface area contributed by atoms with E-state index in [1.54, 1.807) is 0 Å². The number of fused-ring (bicyclic) bond motifs is 2. The van der Waals surface area contributed by atoms with Gasteiger partial charge in [0.2, 0.25) is 0 Å². The van der Waals surface area contributed by atoms with Gasteiger partial charge in [-0.25, -0.2) is 0 Å². The van der Waals surface area contributed by atoms with E-state index >= 15 is 0 Å². The van der Waals surface area contributed by atoms with E-state index < -0.39 is 30.5 Å². The van der Waals surface area contributed by atoms with E-state index in [0.717, 1.165) is 21.5 Å². The largest absolute Gasteiger partial charge is 0.463 e. The summed E-state index contributed by atoms with van der Waals surface area (Å²) in [4.78, 5) is 28.9. The van der Waals surface area contributed by atoms with E-state index in [-0.39, 0.29) is 0 Å². The minimum Gasteiger partial charge on any atom is -0.463 e. The molecule has 0 aromatic heterocycles. The number of hydrogen-bond acceptors (Lipinski definition) is 4. The second-order valence-corrected chi connectivity index (χ2v) is 14.2. The zero-order valence-electron chi connectivity index (χ0n) is 21.2. The Labute approximate surface area is 207 Å². The molecule has 0 atom stereocenters. The molecule has 0 spiro atoms. The van der Waals surface area contributed by atoms with Crippen LogP contribution in [0.1, 0.15) is 41.5 Å². The second kappa shape index (κ2) is 8.97. The van der Waals surface area contributed by atoms with Crippen LogP contribution in [0, 0.1) is 0 Å². The summed E-state index contributed by atoms with van der Waals surface area (Å²) < 4.78 is 12.1. The van der Waals surface area contributed by atoms with Crippen LogP contribution in [0.3, 0.4) is 0 Å². The standard InChI is InChI=1S/C30H32O4Si/c1-29(2,3)33-27(31)35(28(32)34-30(4,5)6,25-19-11-15-21-13-7-9-17-23(21)25)26-20-12-16-22-14-8-10-18-24(22)26/h7-20H,1-6H3. The van der Waals surface area contributed by atoms with E-state index in [4.69, 9.17) is 9.47 Å². The van der Waals surface area contributed by atoms with E-state index in [0.29, 0.717) is 10.4 Å². The van der Waals surface area contributed by atoms with E-state index in [2.05, 4.69) is 0 Å². The molecule has 0 fully saturated rings. The molecule has 5 heteroatoms. The van der Waals surface area contributed by atoms with Crippen molar-refractivity contribution in [2.24, 2.45) is 0 Å². The molecule has 0 amide bonds. The van der Waals surface area contributed by atoms with Gasteiger partial charge in [0.05, 0.1) is 0 Å². The maximum atomic E-state index is 14.4. The molecule has 0 saturated heterocycles. The van der Waals surface area contributed by atoms with Gasteiger partial charge in [-0.05, 0) is 73.5 Å². The Kier molecular flexibility index (Phi) is 6.32. The van der Waals surface area contributed by atoms with Crippen molar-refractivity contribution >= 4 is 51.2 Å². The monoisotopic (exact) mass is 484 g/mol. The molecular weight excluding hydrogens is 452 g/mol. The number of rotatable bonds is 4. The first-order valence-electron chi connectivity index (χ1n) is 11.9. The van der Waals surface area contributed by atoms with Crippen molar-refractivity contribution in [1.29, 1.82) is 0 Å². The van der Waals surface area contributed by atoms with Crippen molar-refractivity contribution in [3.63, 3.8) is 0 Å². The Morgan fingerprint density at radius 2 is 0.886 bits per heavy atom. The molecule has 0 unspecified atom stereocenters. The molecule has 0 radical (unpaired) electrons. The van der Waals surface area contributed by atoms with Crippen LogP contribution in [-0.4, -0.2) is 30.5 Å². The zero-order chi connectivity index (χ0) is 25.4. The topological polar surface area (TPSA) is 52.6 Å². The van der Waals surface area contributed by atoms with Gasteiger partial charge in [0.15, 0.2) is 0 Å². The molecule has 0 bridgehead atoms. The Bertz CT molecular complexity index is 1290. The molecule has 0 heterocycles. The van der Waals surface area contributed by atoms with Gasteiger partial charge in [-0.15, -0.1) is 0 Å². The summed E-state index contributed by atoms with van der Waals surface area (Å²) in [5, 5.41) is 4.96. The summed E-state index contributed by atoms with van der Waals surface area (Å²) in [6.07, 6.45) is 0. The van der Waals surface area contributed by atoms with Gasteiger partial charge in [0.25, 0.3) is 11.2 Å². The molecule has 4 aromatic carbocycles. The van der Waals surface area contributed by atoms with Crippen molar-refractivity contribution in [2.45, 2.75) is 52.7 Å². The third kappa shape index (κ3) is 4.73. The van der Waals surface area contributed by atoms with Crippen LogP contribution < -0.4 is 10.4 Å². The van der Waals surface area contributed by atoms with Crippen LogP contribution in [0.4, 0.5) is 9.59 Å². The fraction of sp³-hybridized carbons (Fsp3) is 0.267. The van der Waals surface area contributed by atoms with Crippen molar-refractivity contribution in [2.75, 3.05) is 0 Å². The number of carbonyl (C=O) groups is 2. The third-order valence-electron chi connectivity index (χ3n) is 5.80. The van der Waals surface area contributed by atoms with Crippen LogP contribution in [-0.2, 0) is 9.47 Å². The number of benzene rings is 4. The zero-order valence-corrected chi connectivity index (χ0v) is 22.2. The van der Waals surface area contributed by atoms with Gasteiger partial charge in [-0.2, -0.15) is 0 Å². The fourth-order valence-electron chi connectivity index (χ4n) is 4.48. The predicted molar refractivity (Wildman–Crippen MR) is 145 cm³/mol. The molecule has 4 nitrogen and oxygen atoms in total. The highest BCUT2D eigenvalue weighted by Crippen LogP contribution is 2.27. The van der Waals surface area contributed by atoms with E-state index in [1.807, 2.05) is 126 Å². The van der Waals surface area contributed by atoms with Crippen molar-refractivity contribution in [3.8, 4) is 0 Å². The lowest BCUT2D eigenvalue weighted by molar-refractivity contribution is 0.0639. The van der Waals surface area contributed by atoms with Gasteiger partial charge in [0, 0.05) is 0 Å². The summed E-state index contributed by atoms with van der Waals surface area (Å²) in [7, 11) is -4.03. The van der Waals surface area contributed by atoms with Crippen LogP contribution in [0.5, 0.6) is 0 Å². The molecule has 0 aliphatic heterocycles. The maximum Gasteiger partial charge on any atom is 0.372 e. The quantitative estimate of drug-likeness (QED) is 0.307. The molecule has 35 heavy (non-hydrogen) atoms. The molecule has 0 N–H and O–H groups in total. The van der Waals surface area contributed by atoms with E-state index in [1.165, 1.54) is 0 Å². The minimum atomic E-state index is -4.03. The molecule has 4 aromatic rings. The van der Waals surface area contributed by atoms with Gasteiger partial charge in [-0.3, -0.25) is 9.59 Å². The molecule has 4 rings (SSSR count). The highest BCUT2D eigenvalue weighted by atomic mass is 28.3. The van der Waals surface area contributed by atoms with Gasteiger partial charge in [-0.1, -0.05) is 84.9 Å². The van der Waals surface area contributed by atoms with Crippen molar-refractivity contribution in [1.82, 2.24) is 0 Å². The smallest absolute Gasteiger partial charge is 0.372 e. The second-order valence-electron chi connectivity index (χ2n) is 10.8. The lowest BCUT2D eigenvalue weighted by Crippen LogP contribution is -2.72. The van der Waals surface area contributed by atoms with Crippen molar-refractivity contribution < 1.29 is 19.1 Å². The van der Waals surface area contributed by atoms with Crippen LogP contribution in [0.2, 0.25) is 0 Å². The molecule has 0 aliphatic rings. The average Bonchev–Trinajstić information content (AvgIpc) is 2.77. The molecular formula is C30H32O4Si. The predicted octanol–water partition coefficient (Wildman–Crippen LogP) is 6.59. The summed E-state index contributed by atoms with van der Waals surface area (Å²) in [5.41, 5.74) is -2.61. The highest BCUT2D eigenvalue weighted by Gasteiger charge is 2.59. The number of hydrogen-bond donors (Lipinski definition) is 0. The van der Waals surface area contributed by atoms with E-state index in [9.17, 15) is 9.59 Å². The minimum absolute atomic E-state index is 0.521. The van der Waals surface area contributed by atoms with Gasteiger partial charge in [0.1, 0.15) is 11.2 Å². The molecule has 0 saturated carbocycles. The Morgan fingerprint density at radius 3 is 1.26 bits per heavy atom. The van der Waals surface area contributed by atoms with Gasteiger partial charge >= 0.3 is 8.07 Å². The Hall–Kier alpha value is -3.44. The third-order valence-corrected chi connectivity index (χ3v) is 9.71. The molecule has 180 valence electrons. The highest BCUT2D eigenvalue weighted by molar-refractivity contribution is 7.38. The summed E-state index contributed by atoms with van der Waals surface area (Å²) in [6.45, 7) is 10.9. The fourth-order valence-corrected chi connectivity index (χ4v) is 8.69. The lowest BCUT2D eigenvalue weighted by atomic mass is 10.1. The Balaban J connectivity index is 2.19. The van der Waals surface area contributed by atoms with Crippen molar-refractivity contribution in [3.05, 3.63) is 84.9 Å². The normalized spacial score (nSPS) is 12.5. The van der Waals surface area contributed by atoms with Gasteiger partial charge < -0.3 is 9.47 Å². The summed E-state index contributed by atoms with van der Waals surface area (Å²) in [5.74, 6) is 0.